The van der Waals surface area contributed by atoms with Gasteiger partial charge in [0.15, 0.2) is 11.9 Å². The van der Waals surface area contributed by atoms with Gasteiger partial charge < -0.3 is 10.1 Å². The Morgan fingerprint density at radius 3 is 2.28 bits per heavy atom. The molecule has 1 aromatic heterocycles. The van der Waals surface area contributed by atoms with E-state index in [2.05, 4.69) is 64.1 Å². The van der Waals surface area contributed by atoms with E-state index in [4.69, 9.17) is 4.74 Å². The van der Waals surface area contributed by atoms with Gasteiger partial charge in [0.2, 0.25) is 0 Å². The first kappa shape index (κ1) is 23.6. The number of carbonyl (C=O) groups is 1. The Morgan fingerprint density at radius 1 is 1.00 bits per heavy atom. The SMILES string of the molecule is CCC(Oc1ccc(C(C)(C)C)cc1C(C)(C)C)C(=O)Nc1ccn(-c2ccccc2)n1. The van der Waals surface area contributed by atoms with Gasteiger partial charge in [-0.3, -0.25) is 4.79 Å². The molecule has 2 aromatic carbocycles. The van der Waals surface area contributed by atoms with Crippen LogP contribution < -0.4 is 10.1 Å². The van der Waals surface area contributed by atoms with Gasteiger partial charge in [0.1, 0.15) is 5.75 Å². The summed E-state index contributed by atoms with van der Waals surface area (Å²) in [5.41, 5.74) is 3.21. The van der Waals surface area contributed by atoms with Crippen LogP contribution in [0.3, 0.4) is 0 Å². The van der Waals surface area contributed by atoms with Crippen LogP contribution in [-0.2, 0) is 15.6 Å². The molecule has 0 spiro atoms. The fourth-order valence-corrected chi connectivity index (χ4v) is 3.48. The van der Waals surface area contributed by atoms with Gasteiger partial charge >= 0.3 is 0 Å². The highest BCUT2D eigenvalue weighted by Gasteiger charge is 2.26. The molecule has 32 heavy (non-hydrogen) atoms. The van der Waals surface area contributed by atoms with Crippen LogP contribution in [-0.4, -0.2) is 21.8 Å². The molecule has 1 atom stereocenters. The minimum Gasteiger partial charge on any atom is -0.480 e. The molecule has 1 unspecified atom stereocenters. The Hall–Kier alpha value is -3.08. The average Bonchev–Trinajstić information content (AvgIpc) is 3.19. The van der Waals surface area contributed by atoms with Crippen LogP contribution in [0, 0.1) is 0 Å². The predicted molar refractivity (Wildman–Crippen MR) is 131 cm³/mol. The van der Waals surface area contributed by atoms with E-state index in [9.17, 15) is 4.79 Å². The van der Waals surface area contributed by atoms with Crippen LogP contribution in [0.2, 0.25) is 0 Å². The van der Waals surface area contributed by atoms with Gasteiger partial charge in [-0.05, 0) is 46.6 Å². The number of ether oxygens (including phenoxy) is 1. The molecule has 5 nitrogen and oxygen atoms in total. The Bertz CT molecular complexity index is 1060. The van der Waals surface area contributed by atoms with E-state index in [1.807, 2.05) is 49.5 Å². The van der Waals surface area contributed by atoms with Crippen LogP contribution in [0.4, 0.5) is 5.82 Å². The maximum Gasteiger partial charge on any atom is 0.266 e. The van der Waals surface area contributed by atoms with E-state index >= 15 is 0 Å². The largest absolute Gasteiger partial charge is 0.480 e. The monoisotopic (exact) mass is 433 g/mol. The number of para-hydroxylation sites is 1. The molecule has 0 aliphatic rings. The molecule has 0 bridgehead atoms. The Balaban J connectivity index is 1.79. The van der Waals surface area contributed by atoms with Gasteiger partial charge in [0.05, 0.1) is 5.69 Å². The zero-order valence-electron chi connectivity index (χ0n) is 20.3. The Labute approximate surface area is 191 Å². The lowest BCUT2D eigenvalue weighted by molar-refractivity contribution is -0.122. The lowest BCUT2D eigenvalue weighted by Gasteiger charge is -2.28. The highest BCUT2D eigenvalue weighted by molar-refractivity contribution is 5.93. The first-order chi connectivity index (χ1) is 15.0. The van der Waals surface area contributed by atoms with Gasteiger partial charge in [-0.25, -0.2) is 4.68 Å². The van der Waals surface area contributed by atoms with Crippen molar-refractivity contribution in [3.05, 3.63) is 71.9 Å². The number of aromatic nitrogens is 2. The molecule has 0 radical (unpaired) electrons. The number of nitrogens with one attached hydrogen (secondary N) is 1. The summed E-state index contributed by atoms with van der Waals surface area (Å²) < 4.78 is 8.00. The minimum atomic E-state index is -0.613. The highest BCUT2D eigenvalue weighted by Crippen LogP contribution is 2.36. The van der Waals surface area contributed by atoms with Crippen molar-refractivity contribution in [2.75, 3.05) is 5.32 Å². The second kappa shape index (κ2) is 9.19. The van der Waals surface area contributed by atoms with E-state index in [1.54, 1.807) is 10.7 Å². The smallest absolute Gasteiger partial charge is 0.266 e. The molecule has 5 heteroatoms. The molecular formula is C27H35N3O2. The molecule has 3 rings (SSSR count). The third-order valence-electron chi connectivity index (χ3n) is 5.45. The fourth-order valence-electron chi connectivity index (χ4n) is 3.48. The Morgan fingerprint density at radius 2 is 1.69 bits per heavy atom. The zero-order valence-corrected chi connectivity index (χ0v) is 20.3. The average molecular weight is 434 g/mol. The molecule has 0 aliphatic carbocycles. The van der Waals surface area contributed by atoms with Gasteiger partial charge in [-0.2, -0.15) is 5.10 Å². The molecule has 1 N–H and O–H groups in total. The Kier molecular flexibility index (Phi) is 6.77. The second-order valence-corrected chi connectivity index (χ2v) is 10.2. The summed E-state index contributed by atoms with van der Waals surface area (Å²) in [5, 5.41) is 7.37. The van der Waals surface area contributed by atoms with Crippen molar-refractivity contribution in [1.82, 2.24) is 9.78 Å². The first-order valence-electron chi connectivity index (χ1n) is 11.2. The van der Waals surface area contributed by atoms with E-state index < -0.39 is 6.10 Å². The van der Waals surface area contributed by atoms with Crippen LogP contribution >= 0.6 is 0 Å². The molecule has 1 heterocycles. The maximum atomic E-state index is 13.0. The zero-order chi connectivity index (χ0) is 23.5. The number of hydrogen-bond acceptors (Lipinski definition) is 3. The van der Waals surface area contributed by atoms with Crippen molar-refractivity contribution in [3.8, 4) is 11.4 Å². The third-order valence-corrected chi connectivity index (χ3v) is 5.45. The number of hydrogen-bond donors (Lipinski definition) is 1. The van der Waals surface area contributed by atoms with Crippen molar-refractivity contribution in [3.63, 3.8) is 0 Å². The fraction of sp³-hybridized carbons (Fsp3) is 0.407. The summed E-state index contributed by atoms with van der Waals surface area (Å²) in [5.74, 6) is 1.05. The van der Waals surface area contributed by atoms with E-state index in [0.717, 1.165) is 17.0 Å². The number of benzene rings is 2. The van der Waals surface area contributed by atoms with E-state index in [1.165, 1.54) is 5.56 Å². The molecule has 170 valence electrons. The lowest BCUT2D eigenvalue weighted by atomic mass is 9.80. The summed E-state index contributed by atoms with van der Waals surface area (Å²) in [7, 11) is 0. The van der Waals surface area contributed by atoms with Gasteiger partial charge in [-0.1, -0.05) is 78.8 Å². The van der Waals surface area contributed by atoms with Crippen LogP contribution in [0.25, 0.3) is 5.69 Å². The van der Waals surface area contributed by atoms with Crippen LogP contribution in [0.5, 0.6) is 5.75 Å². The van der Waals surface area contributed by atoms with Crippen molar-refractivity contribution in [1.29, 1.82) is 0 Å². The summed E-state index contributed by atoms with van der Waals surface area (Å²) in [6.07, 6.45) is 1.77. The van der Waals surface area contributed by atoms with Crippen molar-refractivity contribution < 1.29 is 9.53 Å². The molecule has 1 amide bonds. The number of amides is 1. The van der Waals surface area contributed by atoms with Crippen molar-refractivity contribution in [2.45, 2.75) is 71.8 Å². The van der Waals surface area contributed by atoms with Crippen LogP contribution in [0.1, 0.15) is 66.0 Å². The van der Waals surface area contributed by atoms with Crippen molar-refractivity contribution in [2.24, 2.45) is 0 Å². The molecule has 0 saturated heterocycles. The quantitative estimate of drug-likeness (QED) is 0.499. The van der Waals surface area contributed by atoms with Gasteiger partial charge in [-0.15, -0.1) is 0 Å². The third kappa shape index (κ3) is 5.58. The van der Waals surface area contributed by atoms with Crippen molar-refractivity contribution >= 4 is 11.7 Å². The standard InChI is InChI=1S/C27H35N3O2/c1-8-22(25(31)28-24-16-17-30(29-24)20-12-10-9-11-13-20)32-23-15-14-19(26(2,3)4)18-21(23)27(5,6)7/h9-18,22H,8H2,1-7H3,(H,28,29,31). The summed E-state index contributed by atoms with van der Waals surface area (Å²) in [6, 6.07) is 17.9. The van der Waals surface area contributed by atoms with Gasteiger partial charge in [0.25, 0.3) is 5.91 Å². The normalized spacial score (nSPS) is 13.0. The van der Waals surface area contributed by atoms with E-state index in [0.29, 0.717) is 12.2 Å². The molecule has 0 aliphatic heterocycles. The molecule has 0 saturated carbocycles. The van der Waals surface area contributed by atoms with Crippen LogP contribution in [0.15, 0.2) is 60.8 Å². The molecule has 3 aromatic rings. The molecule has 0 fully saturated rings. The van der Waals surface area contributed by atoms with Gasteiger partial charge in [0, 0.05) is 12.3 Å². The number of nitrogens with zero attached hydrogens (tertiary/aromatic N) is 2. The number of carbonyl (C=O) groups excluding carboxylic acids is 1. The summed E-state index contributed by atoms with van der Waals surface area (Å²) in [6.45, 7) is 15.0. The lowest BCUT2D eigenvalue weighted by Crippen LogP contribution is -2.33. The summed E-state index contributed by atoms with van der Waals surface area (Å²) in [4.78, 5) is 13.0. The maximum absolute atomic E-state index is 13.0. The second-order valence-electron chi connectivity index (χ2n) is 10.2. The minimum absolute atomic E-state index is 0.0393. The first-order valence-corrected chi connectivity index (χ1v) is 11.2. The number of rotatable bonds is 6. The highest BCUT2D eigenvalue weighted by atomic mass is 16.5. The molecular weight excluding hydrogens is 398 g/mol. The topological polar surface area (TPSA) is 56.1 Å². The summed E-state index contributed by atoms with van der Waals surface area (Å²) >= 11 is 0. The number of anilines is 1. The predicted octanol–water partition coefficient (Wildman–Crippen LogP) is 6.26. The van der Waals surface area contributed by atoms with E-state index in [-0.39, 0.29) is 16.7 Å².